The lowest BCUT2D eigenvalue weighted by molar-refractivity contribution is -0.122. The van der Waals surface area contributed by atoms with Gasteiger partial charge in [-0.05, 0) is 69.1 Å². The third-order valence-electron chi connectivity index (χ3n) is 6.62. The van der Waals surface area contributed by atoms with Crippen LogP contribution in [0.25, 0.3) is 17.0 Å². The fourth-order valence-electron chi connectivity index (χ4n) is 4.13. The molecule has 0 atom stereocenters. The van der Waals surface area contributed by atoms with Crippen LogP contribution in [0, 0.1) is 6.92 Å². The normalized spacial score (nSPS) is 11.2. The molecule has 0 radical (unpaired) electrons. The van der Waals surface area contributed by atoms with Crippen LogP contribution in [0.5, 0.6) is 11.5 Å². The van der Waals surface area contributed by atoms with Gasteiger partial charge in [-0.15, -0.1) is 0 Å². The van der Waals surface area contributed by atoms with Crippen LogP contribution >= 0.6 is 23.2 Å². The second kappa shape index (κ2) is 14.9. The van der Waals surface area contributed by atoms with Gasteiger partial charge in [-0.3, -0.25) is 9.59 Å². The van der Waals surface area contributed by atoms with E-state index in [2.05, 4.69) is 10.3 Å². The quantitative estimate of drug-likeness (QED) is 0.191. The molecule has 0 aliphatic rings. The number of likely N-dealkylation sites (N-methyl/N-ethyl adjacent to an activating group) is 2. The number of anilines is 1. The first kappa shape index (κ1) is 31.8. The van der Waals surface area contributed by atoms with Gasteiger partial charge >= 0.3 is 0 Å². The van der Waals surface area contributed by atoms with Crippen LogP contribution in [0.15, 0.2) is 72.8 Å². The smallest absolute Gasteiger partial charge is 0.246 e. The number of rotatable bonds is 12. The first-order chi connectivity index (χ1) is 20.6. The van der Waals surface area contributed by atoms with E-state index in [0.29, 0.717) is 28.6 Å². The number of hydrogen-bond acceptors (Lipinski definition) is 6. The number of aromatic nitrogens is 1. The SMILES string of the molecule is Cc1ccc2cccc(OCc3c(Cl)ccc(N(C)C(=O)CNC(=O)/C=C/c4ccc(OCCN(C)C)cc4)c3Cl)c2n1. The maximum absolute atomic E-state index is 12.9. The Bertz CT molecular complexity index is 1620. The van der Waals surface area contributed by atoms with Crippen molar-refractivity contribution < 1.29 is 19.1 Å². The first-order valence-corrected chi connectivity index (χ1v) is 14.4. The highest BCUT2D eigenvalue weighted by molar-refractivity contribution is 6.38. The van der Waals surface area contributed by atoms with Crippen LogP contribution in [0.4, 0.5) is 5.69 Å². The third-order valence-corrected chi connectivity index (χ3v) is 7.40. The van der Waals surface area contributed by atoms with E-state index in [9.17, 15) is 9.59 Å². The average Bonchev–Trinajstić information content (AvgIpc) is 2.99. The number of fused-ring (bicyclic) bond motifs is 1. The molecule has 0 aliphatic carbocycles. The number of aryl methyl sites for hydroxylation is 1. The van der Waals surface area contributed by atoms with Gasteiger partial charge in [0.2, 0.25) is 11.8 Å². The maximum atomic E-state index is 12.9. The van der Waals surface area contributed by atoms with Crippen LogP contribution in [0.1, 0.15) is 16.8 Å². The van der Waals surface area contributed by atoms with Crippen LogP contribution < -0.4 is 19.7 Å². The lowest BCUT2D eigenvalue weighted by Crippen LogP contribution is -2.37. The molecule has 8 nitrogen and oxygen atoms in total. The summed E-state index contributed by atoms with van der Waals surface area (Å²) in [6.45, 7) is 3.18. The second-order valence-corrected chi connectivity index (χ2v) is 10.9. The van der Waals surface area contributed by atoms with Gasteiger partial charge in [0.15, 0.2) is 0 Å². The molecule has 1 aromatic heterocycles. The van der Waals surface area contributed by atoms with Crippen molar-refractivity contribution >= 4 is 57.7 Å². The van der Waals surface area contributed by atoms with Crippen LogP contribution in [-0.4, -0.2) is 62.5 Å². The van der Waals surface area contributed by atoms with E-state index in [-0.39, 0.29) is 24.1 Å². The Morgan fingerprint density at radius 3 is 2.47 bits per heavy atom. The summed E-state index contributed by atoms with van der Waals surface area (Å²) < 4.78 is 11.8. The minimum atomic E-state index is -0.400. The van der Waals surface area contributed by atoms with Crippen LogP contribution in [0.2, 0.25) is 10.0 Å². The molecule has 0 fully saturated rings. The maximum Gasteiger partial charge on any atom is 0.246 e. The summed E-state index contributed by atoms with van der Waals surface area (Å²) in [5.74, 6) is 0.602. The molecule has 0 saturated heterocycles. The largest absolute Gasteiger partial charge is 0.492 e. The zero-order valence-electron chi connectivity index (χ0n) is 24.6. The van der Waals surface area contributed by atoms with Gasteiger partial charge < -0.3 is 24.6 Å². The molecule has 2 amide bonds. The van der Waals surface area contributed by atoms with Crippen molar-refractivity contribution in [2.45, 2.75) is 13.5 Å². The summed E-state index contributed by atoms with van der Waals surface area (Å²) in [4.78, 5) is 33.3. The number of ether oxygens (including phenoxy) is 2. The van der Waals surface area contributed by atoms with E-state index in [0.717, 1.165) is 34.5 Å². The van der Waals surface area contributed by atoms with Crippen LogP contribution in [0.3, 0.4) is 0 Å². The minimum absolute atomic E-state index is 0.0764. The summed E-state index contributed by atoms with van der Waals surface area (Å²) in [7, 11) is 5.56. The molecule has 0 bridgehead atoms. The first-order valence-electron chi connectivity index (χ1n) is 13.7. The number of nitrogens with zero attached hydrogens (tertiary/aromatic N) is 3. The highest BCUT2D eigenvalue weighted by atomic mass is 35.5. The van der Waals surface area contributed by atoms with E-state index in [1.807, 2.05) is 80.5 Å². The Morgan fingerprint density at radius 2 is 1.72 bits per heavy atom. The molecule has 0 aliphatic heterocycles. The highest BCUT2D eigenvalue weighted by Crippen LogP contribution is 2.35. The second-order valence-electron chi connectivity index (χ2n) is 10.2. The molecule has 1 N–H and O–H groups in total. The van der Waals surface area contributed by atoms with Crippen LogP contribution in [-0.2, 0) is 16.2 Å². The summed E-state index contributed by atoms with van der Waals surface area (Å²) >= 11 is 13.2. The third kappa shape index (κ3) is 8.70. The molecule has 3 aromatic carbocycles. The number of hydrogen-bond donors (Lipinski definition) is 1. The zero-order chi connectivity index (χ0) is 30.9. The summed E-state index contributed by atoms with van der Waals surface area (Å²) in [6.07, 6.45) is 3.05. The van der Waals surface area contributed by atoms with E-state index in [1.165, 1.54) is 11.0 Å². The number of halogens is 2. The van der Waals surface area contributed by atoms with Gasteiger partial charge in [0.1, 0.15) is 30.2 Å². The number of benzene rings is 3. The number of para-hydroxylation sites is 1. The molecule has 4 rings (SSSR count). The topological polar surface area (TPSA) is 84.0 Å². The number of carbonyl (C=O) groups is 2. The molecule has 10 heteroatoms. The number of amides is 2. The lowest BCUT2D eigenvalue weighted by atomic mass is 10.1. The summed E-state index contributed by atoms with van der Waals surface area (Å²) in [5.41, 5.74) is 3.42. The molecule has 4 aromatic rings. The molecule has 1 heterocycles. The fourth-order valence-corrected chi connectivity index (χ4v) is 4.73. The Hall–Kier alpha value is -4.11. The Kier molecular flexibility index (Phi) is 11.0. The van der Waals surface area contributed by atoms with Crippen molar-refractivity contribution in [1.82, 2.24) is 15.2 Å². The zero-order valence-corrected chi connectivity index (χ0v) is 26.1. The van der Waals surface area contributed by atoms with E-state index < -0.39 is 5.91 Å². The van der Waals surface area contributed by atoms with Gasteiger partial charge in [-0.25, -0.2) is 4.98 Å². The Morgan fingerprint density at radius 1 is 0.953 bits per heavy atom. The number of nitrogens with one attached hydrogen (secondary N) is 1. The Balaban J connectivity index is 1.34. The molecule has 0 saturated carbocycles. The predicted molar refractivity (Wildman–Crippen MR) is 173 cm³/mol. The fraction of sp³-hybridized carbons (Fsp3) is 0.242. The number of carbonyl (C=O) groups excluding carboxylic acids is 2. The summed E-state index contributed by atoms with van der Waals surface area (Å²) in [5, 5.41) is 4.27. The molecule has 0 unspecified atom stereocenters. The molecule has 0 spiro atoms. The van der Waals surface area contributed by atoms with Gasteiger partial charge in [-0.1, -0.05) is 53.5 Å². The Labute approximate surface area is 261 Å². The van der Waals surface area contributed by atoms with Gasteiger partial charge in [0.05, 0.1) is 17.3 Å². The monoisotopic (exact) mass is 620 g/mol. The lowest BCUT2D eigenvalue weighted by Gasteiger charge is -2.21. The van der Waals surface area contributed by atoms with Gasteiger partial charge in [0, 0.05) is 41.3 Å². The van der Waals surface area contributed by atoms with Gasteiger partial charge in [0.25, 0.3) is 0 Å². The van der Waals surface area contributed by atoms with E-state index in [4.69, 9.17) is 32.7 Å². The van der Waals surface area contributed by atoms with Crippen molar-refractivity contribution in [2.24, 2.45) is 0 Å². The van der Waals surface area contributed by atoms with E-state index in [1.54, 1.807) is 25.3 Å². The minimum Gasteiger partial charge on any atom is -0.492 e. The average molecular weight is 622 g/mol. The van der Waals surface area contributed by atoms with E-state index >= 15 is 0 Å². The number of pyridine rings is 1. The van der Waals surface area contributed by atoms with Crippen molar-refractivity contribution in [2.75, 3.05) is 45.7 Å². The summed E-state index contributed by atoms with van der Waals surface area (Å²) in [6, 6.07) is 20.4. The molecular weight excluding hydrogens is 587 g/mol. The standard InChI is InChI=1S/C33H34Cl2N4O4/c1-22-8-12-24-6-5-7-29(33(24)37-22)43-21-26-27(34)15-16-28(32(26)35)39(4)31(41)20-36-30(40)17-11-23-9-13-25(14-10-23)42-19-18-38(2)3/h5-17H,18-21H2,1-4H3,(H,36,40)/b17-11+. The van der Waals surface area contributed by atoms with Crippen molar-refractivity contribution in [3.63, 3.8) is 0 Å². The van der Waals surface area contributed by atoms with Gasteiger partial charge in [-0.2, -0.15) is 0 Å². The van der Waals surface area contributed by atoms with Crippen molar-refractivity contribution in [1.29, 1.82) is 0 Å². The van der Waals surface area contributed by atoms with Crippen molar-refractivity contribution in [3.05, 3.63) is 99.7 Å². The molecule has 224 valence electrons. The molecule has 43 heavy (non-hydrogen) atoms. The highest BCUT2D eigenvalue weighted by Gasteiger charge is 2.19. The molecular formula is C33H34Cl2N4O4. The predicted octanol–water partition coefficient (Wildman–Crippen LogP) is 6.16. The van der Waals surface area contributed by atoms with Crippen molar-refractivity contribution in [3.8, 4) is 11.5 Å².